The lowest BCUT2D eigenvalue weighted by Gasteiger charge is -2.11. The maximum atomic E-state index is 13.4. The van der Waals surface area contributed by atoms with Crippen molar-refractivity contribution in [2.24, 2.45) is 0 Å². The summed E-state index contributed by atoms with van der Waals surface area (Å²) in [5, 5.41) is 0. The highest BCUT2D eigenvalue weighted by Gasteiger charge is 2.18. The molecule has 0 saturated heterocycles. The van der Waals surface area contributed by atoms with Crippen molar-refractivity contribution in [1.82, 2.24) is 9.55 Å². The third-order valence-electron chi connectivity index (χ3n) is 3.48. The zero-order valence-corrected chi connectivity index (χ0v) is 14.2. The molecule has 21 heavy (non-hydrogen) atoms. The van der Waals surface area contributed by atoms with Gasteiger partial charge in [0.15, 0.2) is 0 Å². The van der Waals surface area contributed by atoms with Gasteiger partial charge in [0.25, 0.3) is 0 Å². The number of unbranched alkanes of at least 4 members (excludes halogenated alkanes) is 1. The van der Waals surface area contributed by atoms with E-state index in [-0.39, 0.29) is 5.82 Å². The van der Waals surface area contributed by atoms with Gasteiger partial charge in [-0.25, -0.2) is 9.37 Å². The molecule has 0 amide bonds. The van der Waals surface area contributed by atoms with Crippen LogP contribution in [-0.2, 0) is 6.54 Å². The summed E-state index contributed by atoms with van der Waals surface area (Å²) >= 11 is 3.21. The van der Waals surface area contributed by atoms with E-state index in [1.165, 1.54) is 6.07 Å². The third-order valence-corrected chi connectivity index (χ3v) is 4.09. The van der Waals surface area contributed by atoms with Gasteiger partial charge < -0.3 is 10.3 Å². The van der Waals surface area contributed by atoms with E-state index in [0.29, 0.717) is 16.2 Å². The van der Waals surface area contributed by atoms with Crippen LogP contribution in [0.3, 0.4) is 0 Å². The topological polar surface area (TPSA) is 43.8 Å². The Morgan fingerprint density at radius 1 is 1.38 bits per heavy atom. The number of nitrogens with zero attached hydrogens (tertiary/aromatic N) is 2. The maximum Gasteiger partial charge on any atom is 0.137 e. The summed E-state index contributed by atoms with van der Waals surface area (Å²) in [5.41, 5.74) is 7.86. The number of aromatic nitrogens is 2. The molecule has 2 N–H and O–H groups in total. The van der Waals surface area contributed by atoms with Crippen LogP contribution >= 0.6 is 15.9 Å². The minimum Gasteiger partial charge on any atom is -0.383 e. The van der Waals surface area contributed by atoms with Gasteiger partial charge in [-0.15, -0.1) is 0 Å². The third kappa shape index (κ3) is 3.28. The molecule has 2 rings (SSSR count). The quantitative estimate of drug-likeness (QED) is 0.825. The molecular weight excluding hydrogens is 333 g/mol. The van der Waals surface area contributed by atoms with Crippen molar-refractivity contribution < 1.29 is 4.39 Å². The Morgan fingerprint density at radius 3 is 2.67 bits per heavy atom. The van der Waals surface area contributed by atoms with Crippen LogP contribution in [0.25, 0.3) is 11.3 Å². The SMILES string of the molecule is CCCCn1c(C(C)C)nc(-c2ccc(F)c(Br)c2)c1N. The zero-order valence-electron chi connectivity index (χ0n) is 12.7. The fourth-order valence-electron chi connectivity index (χ4n) is 2.33. The average Bonchev–Trinajstić information content (AvgIpc) is 2.77. The fourth-order valence-corrected chi connectivity index (χ4v) is 2.71. The Morgan fingerprint density at radius 2 is 2.10 bits per heavy atom. The van der Waals surface area contributed by atoms with E-state index in [2.05, 4.69) is 41.3 Å². The van der Waals surface area contributed by atoms with Crippen LogP contribution in [0.4, 0.5) is 10.2 Å². The van der Waals surface area contributed by atoms with Crippen molar-refractivity contribution >= 4 is 21.7 Å². The standard InChI is InChI=1S/C16H21BrFN3/c1-4-5-8-21-15(19)14(20-16(21)10(2)3)11-6-7-13(18)12(17)9-11/h6-7,9-10H,4-5,8,19H2,1-3H3. The molecule has 3 nitrogen and oxygen atoms in total. The molecule has 2 aromatic rings. The van der Waals surface area contributed by atoms with E-state index in [1.54, 1.807) is 12.1 Å². The molecule has 1 aromatic heterocycles. The van der Waals surface area contributed by atoms with E-state index in [4.69, 9.17) is 10.7 Å². The Labute approximate surface area is 133 Å². The molecule has 0 atom stereocenters. The molecule has 1 aromatic carbocycles. The lowest BCUT2D eigenvalue weighted by molar-refractivity contribution is 0.588. The Bertz CT molecular complexity index is 635. The molecular formula is C16H21BrFN3. The largest absolute Gasteiger partial charge is 0.383 e. The molecule has 0 bridgehead atoms. The summed E-state index contributed by atoms with van der Waals surface area (Å²) in [7, 11) is 0. The molecule has 5 heteroatoms. The van der Waals surface area contributed by atoms with Gasteiger partial charge in [0.2, 0.25) is 0 Å². The van der Waals surface area contributed by atoms with Gasteiger partial charge in [0.1, 0.15) is 23.2 Å². The maximum absolute atomic E-state index is 13.4. The van der Waals surface area contributed by atoms with Crippen molar-refractivity contribution in [2.75, 3.05) is 5.73 Å². The molecule has 1 heterocycles. The average molecular weight is 354 g/mol. The van der Waals surface area contributed by atoms with E-state index in [9.17, 15) is 4.39 Å². The van der Waals surface area contributed by atoms with Crippen molar-refractivity contribution in [3.05, 3.63) is 34.3 Å². The molecule has 114 valence electrons. The number of halogens is 2. The lowest BCUT2D eigenvalue weighted by atomic mass is 10.1. The Hall–Kier alpha value is -1.36. The molecule has 0 aliphatic heterocycles. The van der Waals surface area contributed by atoms with Crippen LogP contribution in [0.2, 0.25) is 0 Å². The molecule has 0 spiro atoms. The zero-order chi connectivity index (χ0) is 15.6. The van der Waals surface area contributed by atoms with E-state index in [0.717, 1.165) is 36.5 Å². The first-order chi connectivity index (χ1) is 9.95. The van der Waals surface area contributed by atoms with Crippen LogP contribution in [-0.4, -0.2) is 9.55 Å². The summed E-state index contributed by atoms with van der Waals surface area (Å²) in [6.07, 6.45) is 2.17. The van der Waals surface area contributed by atoms with Crippen LogP contribution in [0.5, 0.6) is 0 Å². The van der Waals surface area contributed by atoms with Crippen molar-refractivity contribution in [1.29, 1.82) is 0 Å². The number of hydrogen-bond donors (Lipinski definition) is 1. The highest BCUT2D eigenvalue weighted by atomic mass is 79.9. The first-order valence-corrected chi connectivity index (χ1v) is 8.06. The van der Waals surface area contributed by atoms with Gasteiger partial charge in [-0.1, -0.05) is 27.2 Å². The smallest absolute Gasteiger partial charge is 0.137 e. The van der Waals surface area contributed by atoms with Gasteiger partial charge in [-0.3, -0.25) is 0 Å². The summed E-state index contributed by atoms with van der Waals surface area (Å²) in [4.78, 5) is 4.70. The molecule has 0 aliphatic rings. The minimum absolute atomic E-state index is 0.285. The number of anilines is 1. The molecule has 0 unspecified atom stereocenters. The highest BCUT2D eigenvalue weighted by molar-refractivity contribution is 9.10. The summed E-state index contributed by atoms with van der Waals surface area (Å²) in [5.74, 6) is 1.65. The van der Waals surface area contributed by atoms with Crippen LogP contribution in [0.15, 0.2) is 22.7 Å². The fraction of sp³-hybridized carbons (Fsp3) is 0.438. The second-order valence-electron chi connectivity index (χ2n) is 5.49. The summed E-state index contributed by atoms with van der Waals surface area (Å²) in [6, 6.07) is 4.87. The number of imidazole rings is 1. The van der Waals surface area contributed by atoms with Crippen LogP contribution in [0.1, 0.15) is 45.4 Å². The van der Waals surface area contributed by atoms with Crippen LogP contribution in [0, 0.1) is 5.82 Å². The number of nitrogens with two attached hydrogens (primary N) is 1. The second-order valence-corrected chi connectivity index (χ2v) is 6.35. The number of hydrogen-bond acceptors (Lipinski definition) is 2. The summed E-state index contributed by atoms with van der Waals surface area (Å²) < 4.78 is 15.9. The van der Waals surface area contributed by atoms with Gasteiger partial charge in [0, 0.05) is 18.0 Å². The van der Waals surface area contributed by atoms with E-state index >= 15 is 0 Å². The van der Waals surface area contributed by atoms with E-state index < -0.39 is 0 Å². The van der Waals surface area contributed by atoms with Crippen molar-refractivity contribution in [3.63, 3.8) is 0 Å². The normalized spacial score (nSPS) is 11.3. The Kier molecular flexibility index (Phi) is 5.04. The monoisotopic (exact) mass is 353 g/mol. The van der Waals surface area contributed by atoms with E-state index in [1.807, 2.05) is 0 Å². The summed E-state index contributed by atoms with van der Waals surface area (Å²) in [6.45, 7) is 7.23. The van der Waals surface area contributed by atoms with Crippen LogP contribution < -0.4 is 5.73 Å². The lowest BCUT2D eigenvalue weighted by Crippen LogP contribution is -2.08. The molecule has 0 saturated carbocycles. The first-order valence-electron chi connectivity index (χ1n) is 7.27. The van der Waals surface area contributed by atoms with Gasteiger partial charge in [0.05, 0.1) is 4.47 Å². The number of rotatable bonds is 5. The molecule has 0 radical (unpaired) electrons. The molecule has 0 fully saturated rings. The second kappa shape index (κ2) is 6.60. The van der Waals surface area contributed by atoms with Gasteiger partial charge in [-0.05, 0) is 40.5 Å². The predicted molar refractivity (Wildman–Crippen MR) is 88.7 cm³/mol. The molecule has 0 aliphatic carbocycles. The Balaban J connectivity index is 2.51. The number of benzene rings is 1. The first kappa shape index (κ1) is 16.0. The van der Waals surface area contributed by atoms with Gasteiger partial charge >= 0.3 is 0 Å². The minimum atomic E-state index is -0.285. The van der Waals surface area contributed by atoms with Gasteiger partial charge in [-0.2, -0.15) is 0 Å². The number of nitrogen functional groups attached to an aromatic ring is 1. The highest BCUT2D eigenvalue weighted by Crippen LogP contribution is 2.32. The predicted octanol–water partition coefficient (Wildman–Crippen LogP) is 4.96. The van der Waals surface area contributed by atoms with Crippen molar-refractivity contribution in [2.45, 2.75) is 46.1 Å². The van der Waals surface area contributed by atoms with Crippen molar-refractivity contribution in [3.8, 4) is 11.3 Å².